The second-order valence-electron chi connectivity index (χ2n) is 5.74. The third kappa shape index (κ3) is 2.45. The van der Waals surface area contributed by atoms with Gasteiger partial charge in [-0.05, 0) is 47.7 Å². The van der Waals surface area contributed by atoms with Gasteiger partial charge in [0, 0.05) is 11.6 Å². The maximum atomic E-state index is 12.3. The van der Waals surface area contributed by atoms with Gasteiger partial charge in [0.2, 0.25) is 11.2 Å². The van der Waals surface area contributed by atoms with Crippen LogP contribution in [0.25, 0.3) is 11.1 Å². The molecule has 2 aromatic carbocycles. The number of aromatic hydroxyl groups is 2. The molecule has 0 aromatic heterocycles. The predicted octanol–water partition coefficient (Wildman–Crippen LogP) is 2.09. The molecule has 1 atom stereocenters. The molecule has 3 rings (SSSR count). The molecule has 0 amide bonds. The molecular formula is C18H19NO5. The van der Waals surface area contributed by atoms with Gasteiger partial charge in [-0.25, -0.2) is 0 Å². The lowest BCUT2D eigenvalue weighted by Gasteiger charge is -2.15. The molecule has 6 nitrogen and oxygen atoms in total. The molecule has 0 aliphatic heterocycles. The third-order valence-corrected chi connectivity index (χ3v) is 4.38. The van der Waals surface area contributed by atoms with Crippen LogP contribution in [0.4, 0.5) is 0 Å². The SMILES string of the molecule is COc1c(O)c(O)cc2c1-c1ccc(OC)c(=O)cc1C(N)CC2. The Morgan fingerprint density at radius 2 is 1.92 bits per heavy atom. The Morgan fingerprint density at radius 3 is 2.58 bits per heavy atom. The van der Waals surface area contributed by atoms with E-state index >= 15 is 0 Å². The Morgan fingerprint density at radius 1 is 1.17 bits per heavy atom. The fraction of sp³-hybridized carbons (Fsp3) is 0.278. The zero-order valence-electron chi connectivity index (χ0n) is 13.5. The zero-order chi connectivity index (χ0) is 17.4. The third-order valence-electron chi connectivity index (χ3n) is 4.38. The van der Waals surface area contributed by atoms with Crippen LogP contribution in [0.3, 0.4) is 0 Å². The van der Waals surface area contributed by atoms with Gasteiger partial charge in [-0.2, -0.15) is 0 Å². The van der Waals surface area contributed by atoms with Crippen molar-refractivity contribution >= 4 is 0 Å². The molecule has 1 unspecified atom stereocenters. The number of fused-ring (bicyclic) bond motifs is 3. The number of methoxy groups -OCH3 is 2. The van der Waals surface area contributed by atoms with Crippen LogP contribution in [0.15, 0.2) is 29.1 Å². The van der Waals surface area contributed by atoms with Crippen LogP contribution in [-0.4, -0.2) is 24.4 Å². The van der Waals surface area contributed by atoms with Crippen molar-refractivity contribution in [3.63, 3.8) is 0 Å². The minimum Gasteiger partial charge on any atom is -0.504 e. The van der Waals surface area contributed by atoms with E-state index in [1.807, 2.05) is 0 Å². The lowest BCUT2D eigenvalue weighted by Crippen LogP contribution is -2.12. The Labute approximate surface area is 139 Å². The second-order valence-corrected chi connectivity index (χ2v) is 5.74. The highest BCUT2D eigenvalue weighted by molar-refractivity contribution is 5.82. The van der Waals surface area contributed by atoms with Crippen molar-refractivity contribution in [3.05, 3.63) is 45.6 Å². The molecule has 0 heterocycles. The Kier molecular flexibility index (Phi) is 4.07. The van der Waals surface area contributed by atoms with E-state index in [1.165, 1.54) is 26.4 Å². The average molecular weight is 329 g/mol. The van der Waals surface area contributed by atoms with Crippen molar-refractivity contribution in [3.8, 4) is 34.1 Å². The smallest absolute Gasteiger partial charge is 0.220 e. The molecule has 1 aliphatic rings. The van der Waals surface area contributed by atoms with E-state index in [4.69, 9.17) is 15.2 Å². The number of phenolic OH excluding ortho intramolecular Hbond substituents is 2. The minimum absolute atomic E-state index is 0.165. The monoisotopic (exact) mass is 329 g/mol. The van der Waals surface area contributed by atoms with Crippen molar-refractivity contribution in [2.75, 3.05) is 14.2 Å². The van der Waals surface area contributed by atoms with Crippen LogP contribution in [0, 0.1) is 0 Å². The average Bonchev–Trinajstić information content (AvgIpc) is 2.80. The highest BCUT2D eigenvalue weighted by Crippen LogP contribution is 2.48. The maximum absolute atomic E-state index is 12.3. The summed E-state index contributed by atoms with van der Waals surface area (Å²) in [7, 11) is 2.85. The first-order valence-electron chi connectivity index (χ1n) is 7.58. The van der Waals surface area contributed by atoms with Gasteiger partial charge < -0.3 is 25.4 Å². The minimum atomic E-state index is -0.355. The summed E-state index contributed by atoms with van der Waals surface area (Å²) >= 11 is 0. The highest BCUT2D eigenvalue weighted by Gasteiger charge is 2.26. The summed E-state index contributed by atoms with van der Waals surface area (Å²) in [5.74, 6) is -0.208. The number of benzene rings is 1. The van der Waals surface area contributed by atoms with E-state index < -0.39 is 0 Å². The molecule has 0 saturated heterocycles. The summed E-state index contributed by atoms with van der Waals surface area (Å²) < 4.78 is 10.4. The van der Waals surface area contributed by atoms with Gasteiger partial charge in [-0.1, -0.05) is 6.07 Å². The molecular weight excluding hydrogens is 310 g/mol. The molecule has 2 aromatic rings. The lowest BCUT2D eigenvalue weighted by atomic mass is 9.96. The largest absolute Gasteiger partial charge is 0.504 e. The Hall–Kier alpha value is -2.73. The summed E-state index contributed by atoms with van der Waals surface area (Å²) in [6, 6.07) is 5.94. The van der Waals surface area contributed by atoms with Crippen molar-refractivity contribution in [1.82, 2.24) is 0 Å². The molecule has 0 spiro atoms. The van der Waals surface area contributed by atoms with Gasteiger partial charge in [0.1, 0.15) is 0 Å². The number of aryl methyl sites for hydroxylation is 1. The Balaban J connectivity index is 2.44. The first-order chi connectivity index (χ1) is 11.5. The molecule has 0 bridgehead atoms. The highest BCUT2D eigenvalue weighted by atomic mass is 16.5. The van der Waals surface area contributed by atoms with Crippen LogP contribution in [0.2, 0.25) is 0 Å². The lowest BCUT2D eigenvalue weighted by molar-refractivity contribution is 0.351. The second kappa shape index (κ2) is 6.05. The predicted molar refractivity (Wildman–Crippen MR) is 89.8 cm³/mol. The van der Waals surface area contributed by atoms with Gasteiger partial charge in [0.15, 0.2) is 17.2 Å². The summed E-state index contributed by atoms with van der Waals surface area (Å²) in [6.45, 7) is 0. The summed E-state index contributed by atoms with van der Waals surface area (Å²) in [5, 5.41) is 20.1. The Bertz CT molecular complexity index is 863. The van der Waals surface area contributed by atoms with Crippen LogP contribution in [0.1, 0.15) is 23.6 Å². The molecule has 6 heteroatoms. The summed E-state index contributed by atoms with van der Waals surface area (Å²) in [5.41, 5.74) is 8.77. The molecule has 4 N–H and O–H groups in total. The van der Waals surface area contributed by atoms with Crippen LogP contribution >= 0.6 is 0 Å². The fourth-order valence-corrected chi connectivity index (χ4v) is 3.17. The molecule has 24 heavy (non-hydrogen) atoms. The quantitative estimate of drug-likeness (QED) is 0.729. The number of rotatable bonds is 2. The molecule has 0 fully saturated rings. The number of ether oxygens (including phenoxy) is 2. The summed E-state index contributed by atoms with van der Waals surface area (Å²) in [6.07, 6.45) is 1.18. The van der Waals surface area contributed by atoms with Gasteiger partial charge in [0.25, 0.3) is 0 Å². The van der Waals surface area contributed by atoms with Gasteiger partial charge in [-0.15, -0.1) is 0 Å². The molecule has 126 valence electrons. The molecule has 1 aliphatic carbocycles. The van der Waals surface area contributed by atoms with E-state index in [-0.39, 0.29) is 34.5 Å². The van der Waals surface area contributed by atoms with E-state index in [0.717, 1.165) is 5.56 Å². The van der Waals surface area contributed by atoms with Crippen molar-refractivity contribution < 1.29 is 19.7 Å². The van der Waals surface area contributed by atoms with E-state index in [1.54, 1.807) is 12.1 Å². The van der Waals surface area contributed by atoms with Gasteiger partial charge in [0.05, 0.1) is 14.2 Å². The standard InChI is InChI=1S/C18H19NO5/c1-23-15-6-4-10-11(8-13(15)20)12(19)5-3-9-7-14(21)17(22)18(24-2)16(9)10/h4,6-8,12,21-22H,3,5,19H2,1-2H3. The topological polar surface area (TPSA) is 102 Å². The van der Waals surface area contributed by atoms with E-state index in [2.05, 4.69) is 0 Å². The van der Waals surface area contributed by atoms with Gasteiger partial charge >= 0.3 is 0 Å². The maximum Gasteiger partial charge on any atom is 0.220 e. The fourth-order valence-electron chi connectivity index (χ4n) is 3.17. The first kappa shape index (κ1) is 16.1. The van der Waals surface area contributed by atoms with Crippen molar-refractivity contribution in [2.24, 2.45) is 5.73 Å². The molecule has 0 saturated carbocycles. The first-order valence-corrected chi connectivity index (χ1v) is 7.58. The van der Waals surface area contributed by atoms with E-state index in [9.17, 15) is 15.0 Å². The number of hydrogen-bond acceptors (Lipinski definition) is 6. The van der Waals surface area contributed by atoms with Crippen LogP contribution in [-0.2, 0) is 6.42 Å². The van der Waals surface area contributed by atoms with Crippen molar-refractivity contribution in [1.29, 1.82) is 0 Å². The molecule has 0 radical (unpaired) electrons. The number of phenols is 2. The van der Waals surface area contributed by atoms with Crippen molar-refractivity contribution in [2.45, 2.75) is 18.9 Å². The zero-order valence-corrected chi connectivity index (χ0v) is 13.5. The van der Waals surface area contributed by atoms with E-state index in [0.29, 0.717) is 29.5 Å². The number of hydrogen-bond donors (Lipinski definition) is 3. The van der Waals surface area contributed by atoms with Crippen LogP contribution in [0.5, 0.6) is 23.0 Å². The normalized spacial score (nSPS) is 15.9. The van der Waals surface area contributed by atoms with Crippen LogP contribution < -0.4 is 20.6 Å². The number of nitrogens with two attached hydrogens (primary N) is 1. The summed E-state index contributed by atoms with van der Waals surface area (Å²) in [4.78, 5) is 12.3. The van der Waals surface area contributed by atoms with Gasteiger partial charge in [-0.3, -0.25) is 4.79 Å².